The van der Waals surface area contributed by atoms with Crippen LogP contribution < -0.4 is 10.2 Å². The van der Waals surface area contributed by atoms with Gasteiger partial charge in [-0.15, -0.1) is 0 Å². The highest BCUT2D eigenvalue weighted by Crippen LogP contribution is 2.28. The van der Waals surface area contributed by atoms with Gasteiger partial charge in [0, 0.05) is 70.2 Å². The molecule has 6 nitrogen and oxygen atoms in total. The van der Waals surface area contributed by atoms with Crippen LogP contribution in [0.2, 0.25) is 0 Å². The van der Waals surface area contributed by atoms with Gasteiger partial charge in [0.05, 0.1) is 12.5 Å². The van der Waals surface area contributed by atoms with E-state index < -0.39 is 0 Å². The van der Waals surface area contributed by atoms with Crippen molar-refractivity contribution < 1.29 is 4.74 Å². The smallest absolute Gasteiger partial charge is 0.0991 e. The summed E-state index contributed by atoms with van der Waals surface area (Å²) in [7, 11) is 2.26. The molecule has 0 radical (unpaired) electrons. The van der Waals surface area contributed by atoms with Gasteiger partial charge in [0.1, 0.15) is 0 Å². The Hall–Kier alpha value is -1.89. The molecule has 0 amide bonds. The molecule has 0 spiro atoms. The Balaban J connectivity index is 1.72. The predicted molar refractivity (Wildman–Crippen MR) is 129 cm³/mol. The number of nitrogens with one attached hydrogen (secondary N) is 1. The first kappa shape index (κ1) is 23.8. The summed E-state index contributed by atoms with van der Waals surface area (Å²) in [6.07, 6.45) is 9.68. The van der Waals surface area contributed by atoms with Gasteiger partial charge in [0.2, 0.25) is 0 Å². The third-order valence-corrected chi connectivity index (χ3v) is 6.54. The van der Waals surface area contributed by atoms with Crippen molar-refractivity contribution >= 4 is 5.69 Å². The number of anilines is 1. The summed E-state index contributed by atoms with van der Waals surface area (Å²) >= 11 is 0. The molecule has 31 heavy (non-hydrogen) atoms. The second-order valence-electron chi connectivity index (χ2n) is 8.87. The standard InChI is InChI=1S/C25H41N5O/c1-5-22(17-21(3)19-31-6-2)18-25(29-14-11-26-12-15-29)28(4)23-7-9-24(10-8-23)30-16-13-27-20-30/h7-10,13,16,20-22,25-26H,5-6,11-12,14-15,17-19H2,1-4H3. The first-order valence-corrected chi connectivity index (χ1v) is 12.0. The van der Waals surface area contributed by atoms with Gasteiger partial charge in [-0.25, -0.2) is 4.98 Å². The summed E-state index contributed by atoms with van der Waals surface area (Å²) in [5.41, 5.74) is 2.41. The molecule has 0 saturated carbocycles. The fourth-order valence-electron chi connectivity index (χ4n) is 4.66. The Bertz CT molecular complexity index is 727. The van der Waals surface area contributed by atoms with E-state index >= 15 is 0 Å². The summed E-state index contributed by atoms with van der Waals surface area (Å²) in [5, 5.41) is 3.51. The zero-order valence-electron chi connectivity index (χ0n) is 19.8. The molecule has 0 aliphatic carbocycles. The van der Waals surface area contributed by atoms with E-state index in [2.05, 4.69) is 72.2 Å². The summed E-state index contributed by atoms with van der Waals surface area (Å²) < 4.78 is 7.73. The first-order valence-electron chi connectivity index (χ1n) is 12.0. The van der Waals surface area contributed by atoms with Crippen molar-refractivity contribution in [3.63, 3.8) is 0 Å². The van der Waals surface area contributed by atoms with Crippen LogP contribution in [0.3, 0.4) is 0 Å². The number of hydrogen-bond acceptors (Lipinski definition) is 5. The van der Waals surface area contributed by atoms with Gasteiger partial charge in [-0.3, -0.25) is 4.90 Å². The lowest BCUT2D eigenvalue weighted by Gasteiger charge is -2.43. The van der Waals surface area contributed by atoms with Gasteiger partial charge < -0.3 is 19.5 Å². The van der Waals surface area contributed by atoms with E-state index in [1.54, 1.807) is 0 Å². The number of imidazole rings is 1. The molecule has 3 unspecified atom stereocenters. The van der Waals surface area contributed by atoms with E-state index in [9.17, 15) is 0 Å². The van der Waals surface area contributed by atoms with E-state index in [1.165, 1.54) is 24.9 Å². The van der Waals surface area contributed by atoms with Crippen molar-refractivity contribution in [1.82, 2.24) is 19.8 Å². The largest absolute Gasteiger partial charge is 0.381 e. The molecule has 1 aliphatic heterocycles. The minimum Gasteiger partial charge on any atom is -0.381 e. The Morgan fingerprint density at radius 3 is 2.48 bits per heavy atom. The molecule has 0 bridgehead atoms. The van der Waals surface area contributed by atoms with Gasteiger partial charge in [0.15, 0.2) is 0 Å². The summed E-state index contributed by atoms with van der Waals surface area (Å²) in [4.78, 5) is 9.31. The summed E-state index contributed by atoms with van der Waals surface area (Å²) in [6, 6.07) is 8.85. The van der Waals surface area contributed by atoms with Gasteiger partial charge in [-0.2, -0.15) is 0 Å². The Morgan fingerprint density at radius 2 is 1.87 bits per heavy atom. The number of piperazine rings is 1. The molecule has 3 atom stereocenters. The van der Waals surface area contributed by atoms with Crippen molar-refractivity contribution in [3.05, 3.63) is 43.0 Å². The number of benzene rings is 1. The van der Waals surface area contributed by atoms with Gasteiger partial charge >= 0.3 is 0 Å². The average Bonchev–Trinajstić information content (AvgIpc) is 3.35. The van der Waals surface area contributed by atoms with Crippen molar-refractivity contribution in [3.8, 4) is 5.69 Å². The second-order valence-corrected chi connectivity index (χ2v) is 8.87. The van der Waals surface area contributed by atoms with Crippen molar-refractivity contribution in [2.24, 2.45) is 11.8 Å². The van der Waals surface area contributed by atoms with Crippen LogP contribution in [-0.2, 0) is 4.74 Å². The molecule has 1 saturated heterocycles. The zero-order valence-corrected chi connectivity index (χ0v) is 19.8. The second kappa shape index (κ2) is 12.2. The van der Waals surface area contributed by atoms with Crippen molar-refractivity contribution in [1.29, 1.82) is 0 Å². The minimum atomic E-state index is 0.408. The third-order valence-electron chi connectivity index (χ3n) is 6.54. The van der Waals surface area contributed by atoms with E-state index in [0.29, 0.717) is 18.0 Å². The van der Waals surface area contributed by atoms with E-state index in [-0.39, 0.29) is 0 Å². The molecule has 1 aromatic heterocycles. The number of hydrogen-bond donors (Lipinski definition) is 1. The molecule has 1 aromatic carbocycles. The van der Waals surface area contributed by atoms with Crippen LogP contribution in [0.1, 0.15) is 40.0 Å². The van der Waals surface area contributed by atoms with E-state index in [0.717, 1.165) is 45.1 Å². The van der Waals surface area contributed by atoms with Gasteiger partial charge in [0.25, 0.3) is 0 Å². The van der Waals surface area contributed by atoms with Crippen LogP contribution in [0.5, 0.6) is 0 Å². The Kier molecular flexibility index (Phi) is 9.37. The number of rotatable bonds is 12. The highest BCUT2D eigenvalue weighted by molar-refractivity contribution is 5.51. The normalized spacial score (nSPS) is 17.9. The average molecular weight is 428 g/mol. The molecule has 1 N–H and O–H groups in total. The molecule has 3 rings (SSSR count). The Morgan fingerprint density at radius 1 is 1.13 bits per heavy atom. The van der Waals surface area contributed by atoms with E-state index in [1.807, 2.05) is 23.3 Å². The Labute approximate surface area is 188 Å². The highest BCUT2D eigenvalue weighted by atomic mass is 16.5. The minimum absolute atomic E-state index is 0.408. The van der Waals surface area contributed by atoms with Gasteiger partial charge in [-0.1, -0.05) is 20.3 Å². The number of nitrogens with zero attached hydrogens (tertiary/aromatic N) is 4. The molecule has 6 heteroatoms. The maximum atomic E-state index is 5.69. The highest BCUT2D eigenvalue weighted by Gasteiger charge is 2.28. The summed E-state index contributed by atoms with van der Waals surface area (Å²) in [6.45, 7) is 12.8. The first-order chi connectivity index (χ1) is 15.1. The number of ether oxygens (including phenoxy) is 1. The SMILES string of the molecule is CCOCC(C)CC(CC)CC(N1CCNCC1)N(C)c1ccc(-n2ccnc2)cc1. The fourth-order valence-corrected chi connectivity index (χ4v) is 4.66. The molecule has 1 aliphatic rings. The van der Waals surface area contributed by atoms with Crippen LogP contribution in [0.4, 0.5) is 5.69 Å². The molecule has 172 valence electrons. The quantitative estimate of drug-likeness (QED) is 0.554. The summed E-state index contributed by atoms with van der Waals surface area (Å²) in [5.74, 6) is 1.30. The molecule has 2 heterocycles. The van der Waals surface area contributed by atoms with Crippen LogP contribution in [0.25, 0.3) is 5.69 Å². The molecular weight excluding hydrogens is 386 g/mol. The molecule has 2 aromatic rings. The van der Waals surface area contributed by atoms with Crippen LogP contribution in [-0.4, -0.2) is 67.1 Å². The van der Waals surface area contributed by atoms with Crippen LogP contribution in [0.15, 0.2) is 43.0 Å². The van der Waals surface area contributed by atoms with Crippen molar-refractivity contribution in [2.45, 2.75) is 46.2 Å². The lowest BCUT2D eigenvalue weighted by atomic mass is 9.89. The predicted octanol–water partition coefficient (Wildman–Crippen LogP) is 4.02. The monoisotopic (exact) mass is 427 g/mol. The maximum absolute atomic E-state index is 5.69. The zero-order chi connectivity index (χ0) is 22.1. The lowest BCUT2D eigenvalue weighted by molar-refractivity contribution is 0.0968. The van der Waals surface area contributed by atoms with Gasteiger partial charge in [-0.05, 0) is 55.9 Å². The maximum Gasteiger partial charge on any atom is 0.0991 e. The van der Waals surface area contributed by atoms with Crippen molar-refractivity contribution in [2.75, 3.05) is 51.3 Å². The third kappa shape index (κ3) is 6.79. The van der Waals surface area contributed by atoms with E-state index in [4.69, 9.17) is 4.74 Å². The molecular formula is C25H41N5O. The van der Waals surface area contributed by atoms with Crippen LogP contribution >= 0.6 is 0 Å². The van der Waals surface area contributed by atoms with Crippen LogP contribution in [0, 0.1) is 11.8 Å². The topological polar surface area (TPSA) is 45.6 Å². The lowest BCUT2D eigenvalue weighted by Crippen LogP contribution is -2.55. The fraction of sp³-hybridized carbons (Fsp3) is 0.640. The molecule has 1 fully saturated rings. The number of aromatic nitrogens is 2.